The Morgan fingerprint density at radius 2 is 2.19 bits per heavy atom. The first-order valence-electron chi connectivity index (χ1n) is 5.81. The lowest BCUT2D eigenvalue weighted by atomic mass is 10.2. The molecule has 0 saturated heterocycles. The van der Waals surface area contributed by atoms with Crippen LogP contribution in [-0.2, 0) is 6.54 Å². The van der Waals surface area contributed by atoms with Crippen LogP contribution in [0.3, 0.4) is 0 Å². The van der Waals surface area contributed by atoms with E-state index in [4.69, 9.17) is 16.7 Å². The summed E-state index contributed by atoms with van der Waals surface area (Å²) in [6, 6.07) is 4.88. The number of hydrogen-bond donors (Lipinski definition) is 2. The van der Waals surface area contributed by atoms with Gasteiger partial charge < -0.3 is 10.4 Å². The molecule has 1 amide bonds. The van der Waals surface area contributed by atoms with Crippen molar-refractivity contribution in [3.63, 3.8) is 0 Å². The van der Waals surface area contributed by atoms with Crippen molar-refractivity contribution in [2.45, 2.75) is 13.5 Å². The highest BCUT2D eigenvalue weighted by Crippen LogP contribution is 2.23. The molecule has 0 unspecified atom stereocenters. The van der Waals surface area contributed by atoms with Crippen LogP contribution in [0.4, 0.5) is 0 Å². The molecular formula is C13H10BrClN2O3S. The highest BCUT2D eigenvalue weighted by Gasteiger charge is 2.15. The Kier molecular flexibility index (Phi) is 4.97. The predicted molar refractivity (Wildman–Crippen MR) is 84.1 cm³/mol. The number of rotatable bonds is 4. The fraction of sp³-hybridized carbons (Fsp3) is 0.154. The second-order valence-electron chi connectivity index (χ2n) is 4.14. The van der Waals surface area contributed by atoms with Gasteiger partial charge in [-0.05, 0) is 41.1 Å². The van der Waals surface area contributed by atoms with Gasteiger partial charge in [0.2, 0.25) is 0 Å². The summed E-state index contributed by atoms with van der Waals surface area (Å²) in [5.41, 5.74) is 0.873. The summed E-state index contributed by atoms with van der Waals surface area (Å²) in [5, 5.41) is 12.6. The number of aromatic nitrogens is 1. The summed E-state index contributed by atoms with van der Waals surface area (Å²) >= 11 is 10.2. The number of nitrogens with one attached hydrogen (secondary N) is 1. The molecule has 0 atom stereocenters. The van der Waals surface area contributed by atoms with Crippen molar-refractivity contribution in [2.24, 2.45) is 0 Å². The van der Waals surface area contributed by atoms with Gasteiger partial charge in [-0.2, -0.15) is 0 Å². The standard InChI is InChI=1S/C13H10BrClN2O3S/c1-6-11(13(19)20)21-10(17-6)5-16-12(18)7-2-3-8(14)9(15)4-7/h2-4H,5H2,1H3,(H,16,18)(H,19,20). The molecule has 0 bridgehead atoms. The maximum absolute atomic E-state index is 12.0. The molecule has 21 heavy (non-hydrogen) atoms. The molecule has 5 nitrogen and oxygen atoms in total. The molecule has 1 aromatic heterocycles. The largest absolute Gasteiger partial charge is 0.477 e. The molecule has 1 aromatic carbocycles. The van der Waals surface area contributed by atoms with Crippen LogP contribution in [0.25, 0.3) is 0 Å². The van der Waals surface area contributed by atoms with Crippen molar-refractivity contribution in [1.82, 2.24) is 10.3 Å². The first kappa shape index (κ1) is 15.9. The third kappa shape index (κ3) is 3.81. The smallest absolute Gasteiger partial charge is 0.347 e. The molecule has 0 aliphatic heterocycles. The number of hydrogen-bond acceptors (Lipinski definition) is 4. The highest BCUT2D eigenvalue weighted by molar-refractivity contribution is 9.10. The Bertz CT molecular complexity index is 717. The molecule has 2 N–H and O–H groups in total. The number of aryl methyl sites for hydroxylation is 1. The van der Waals surface area contributed by atoms with Gasteiger partial charge in [-0.3, -0.25) is 4.79 Å². The zero-order valence-electron chi connectivity index (χ0n) is 10.8. The molecule has 0 aliphatic carbocycles. The van der Waals surface area contributed by atoms with E-state index in [1.54, 1.807) is 25.1 Å². The Labute approximate surface area is 138 Å². The van der Waals surface area contributed by atoms with Gasteiger partial charge in [-0.15, -0.1) is 11.3 Å². The number of carbonyl (C=O) groups excluding carboxylic acids is 1. The van der Waals surface area contributed by atoms with Crippen LogP contribution >= 0.6 is 38.9 Å². The van der Waals surface area contributed by atoms with E-state index in [0.29, 0.717) is 25.8 Å². The molecule has 0 aliphatic rings. The second-order valence-corrected chi connectivity index (χ2v) is 6.48. The molecule has 0 radical (unpaired) electrons. The van der Waals surface area contributed by atoms with Crippen molar-refractivity contribution in [1.29, 1.82) is 0 Å². The summed E-state index contributed by atoms with van der Waals surface area (Å²) in [4.78, 5) is 27.2. The number of halogens is 2. The van der Waals surface area contributed by atoms with Crippen LogP contribution < -0.4 is 5.32 Å². The van der Waals surface area contributed by atoms with Gasteiger partial charge in [0.15, 0.2) is 0 Å². The average molecular weight is 390 g/mol. The minimum atomic E-state index is -1.01. The van der Waals surface area contributed by atoms with Gasteiger partial charge in [0.1, 0.15) is 9.88 Å². The first-order chi connectivity index (χ1) is 9.88. The van der Waals surface area contributed by atoms with Gasteiger partial charge in [-0.1, -0.05) is 11.6 Å². The summed E-state index contributed by atoms with van der Waals surface area (Å²) in [6.45, 7) is 1.80. The second kappa shape index (κ2) is 6.55. The topological polar surface area (TPSA) is 79.3 Å². The minimum Gasteiger partial charge on any atom is -0.477 e. The van der Waals surface area contributed by atoms with Gasteiger partial charge in [0.05, 0.1) is 17.3 Å². The van der Waals surface area contributed by atoms with Crippen LogP contribution in [0.2, 0.25) is 5.02 Å². The van der Waals surface area contributed by atoms with Gasteiger partial charge >= 0.3 is 5.97 Å². The van der Waals surface area contributed by atoms with Crippen LogP contribution in [-0.4, -0.2) is 22.0 Å². The number of aromatic carboxylic acids is 1. The number of thiazole rings is 1. The van der Waals surface area contributed by atoms with E-state index < -0.39 is 5.97 Å². The Morgan fingerprint density at radius 1 is 1.48 bits per heavy atom. The molecule has 2 rings (SSSR count). The van der Waals surface area contributed by atoms with Crippen molar-refractivity contribution >= 4 is 50.7 Å². The SMILES string of the molecule is Cc1nc(CNC(=O)c2ccc(Br)c(Cl)c2)sc1C(=O)O. The molecular weight excluding hydrogens is 380 g/mol. The summed E-state index contributed by atoms with van der Waals surface area (Å²) in [7, 11) is 0. The normalized spacial score (nSPS) is 10.4. The molecule has 0 saturated carbocycles. The minimum absolute atomic E-state index is 0.172. The molecule has 1 heterocycles. The molecule has 110 valence electrons. The van der Waals surface area contributed by atoms with E-state index in [9.17, 15) is 9.59 Å². The maximum atomic E-state index is 12.0. The van der Waals surface area contributed by atoms with E-state index >= 15 is 0 Å². The van der Waals surface area contributed by atoms with E-state index in [1.165, 1.54) is 0 Å². The van der Waals surface area contributed by atoms with Crippen molar-refractivity contribution in [2.75, 3.05) is 0 Å². The number of nitrogens with zero attached hydrogens (tertiary/aromatic N) is 1. The first-order valence-corrected chi connectivity index (χ1v) is 7.80. The molecule has 2 aromatic rings. The average Bonchev–Trinajstić information content (AvgIpc) is 2.80. The zero-order chi connectivity index (χ0) is 15.6. The molecule has 0 spiro atoms. The van der Waals surface area contributed by atoms with Crippen molar-refractivity contribution < 1.29 is 14.7 Å². The zero-order valence-corrected chi connectivity index (χ0v) is 14.0. The summed E-state index contributed by atoms with van der Waals surface area (Å²) < 4.78 is 0.711. The molecule has 8 heteroatoms. The number of carboxylic acids is 1. The van der Waals surface area contributed by atoms with Gasteiger partial charge in [-0.25, -0.2) is 9.78 Å². The monoisotopic (exact) mass is 388 g/mol. The number of amides is 1. The Hall–Kier alpha value is -1.44. The third-order valence-electron chi connectivity index (χ3n) is 2.62. The van der Waals surface area contributed by atoms with Crippen LogP contribution in [0.15, 0.2) is 22.7 Å². The van der Waals surface area contributed by atoms with E-state index in [0.717, 1.165) is 11.3 Å². The predicted octanol–water partition coefficient (Wildman–Crippen LogP) is 3.50. The summed E-state index contributed by atoms with van der Waals surface area (Å²) in [6.07, 6.45) is 0. The van der Waals surface area contributed by atoms with E-state index in [-0.39, 0.29) is 17.3 Å². The highest BCUT2D eigenvalue weighted by atomic mass is 79.9. The van der Waals surface area contributed by atoms with Crippen LogP contribution in [0.1, 0.15) is 30.7 Å². The van der Waals surface area contributed by atoms with Crippen molar-refractivity contribution in [3.05, 3.63) is 48.8 Å². The van der Waals surface area contributed by atoms with Crippen LogP contribution in [0.5, 0.6) is 0 Å². The number of carboxylic acid groups (broad SMARTS) is 1. The van der Waals surface area contributed by atoms with Gasteiger partial charge in [0.25, 0.3) is 5.91 Å². The maximum Gasteiger partial charge on any atom is 0.347 e. The number of benzene rings is 1. The molecule has 0 fully saturated rings. The fourth-order valence-corrected chi connectivity index (χ4v) is 2.89. The Morgan fingerprint density at radius 3 is 2.76 bits per heavy atom. The van der Waals surface area contributed by atoms with Crippen LogP contribution in [0, 0.1) is 6.92 Å². The van der Waals surface area contributed by atoms with Crippen molar-refractivity contribution in [3.8, 4) is 0 Å². The third-order valence-corrected chi connectivity index (χ3v) is 4.99. The Balaban J connectivity index is 2.05. The lowest BCUT2D eigenvalue weighted by Gasteiger charge is -2.04. The van der Waals surface area contributed by atoms with Gasteiger partial charge in [0, 0.05) is 10.0 Å². The lowest BCUT2D eigenvalue weighted by molar-refractivity contribution is 0.0701. The van der Waals surface area contributed by atoms with E-state index in [1.807, 2.05) is 0 Å². The number of carbonyl (C=O) groups is 2. The lowest BCUT2D eigenvalue weighted by Crippen LogP contribution is -2.22. The quantitative estimate of drug-likeness (QED) is 0.839. The fourth-order valence-electron chi connectivity index (χ4n) is 1.62. The van der Waals surface area contributed by atoms with E-state index in [2.05, 4.69) is 26.2 Å². The summed E-state index contributed by atoms with van der Waals surface area (Å²) in [5.74, 6) is -1.31.